The van der Waals surface area contributed by atoms with Crippen molar-refractivity contribution in [1.29, 1.82) is 0 Å². The van der Waals surface area contributed by atoms with Gasteiger partial charge < -0.3 is 25.6 Å². The summed E-state index contributed by atoms with van der Waals surface area (Å²) in [6.07, 6.45) is 3.54. The molecule has 4 heterocycles. The van der Waals surface area contributed by atoms with Crippen LogP contribution in [0.25, 0.3) is 11.5 Å². The monoisotopic (exact) mass is 525 g/mol. The lowest BCUT2D eigenvalue weighted by Crippen LogP contribution is -2.44. The Kier molecular flexibility index (Phi) is 8.18. The van der Waals surface area contributed by atoms with E-state index in [0.29, 0.717) is 35.7 Å². The van der Waals surface area contributed by atoms with Gasteiger partial charge in [0.25, 0.3) is 0 Å². The molecule has 1 aliphatic rings. The van der Waals surface area contributed by atoms with Crippen molar-refractivity contribution < 1.29 is 9.53 Å². The molecule has 200 valence electrons. The van der Waals surface area contributed by atoms with Crippen molar-refractivity contribution in [3.05, 3.63) is 72.2 Å². The predicted molar refractivity (Wildman–Crippen MR) is 150 cm³/mol. The number of ether oxygens (including phenoxy) is 1. The molecule has 0 radical (unpaired) electrons. The highest BCUT2D eigenvalue weighted by atomic mass is 16.5. The zero-order valence-corrected chi connectivity index (χ0v) is 22.0. The maximum Gasteiger partial charge on any atom is 0.310 e. The Morgan fingerprint density at radius 1 is 0.974 bits per heavy atom. The summed E-state index contributed by atoms with van der Waals surface area (Å²) in [4.78, 5) is 37.0. The van der Waals surface area contributed by atoms with Crippen LogP contribution in [0.15, 0.2) is 60.9 Å². The van der Waals surface area contributed by atoms with Crippen molar-refractivity contribution >= 4 is 34.9 Å². The molecule has 3 N–H and O–H groups in total. The summed E-state index contributed by atoms with van der Waals surface area (Å²) in [7, 11) is 0. The fraction of sp³-hybridized carbons (Fsp3) is 0.286. The molecule has 0 spiro atoms. The van der Waals surface area contributed by atoms with E-state index in [9.17, 15) is 4.79 Å². The van der Waals surface area contributed by atoms with Crippen molar-refractivity contribution in [2.75, 3.05) is 48.3 Å². The van der Waals surface area contributed by atoms with Gasteiger partial charge in [-0.05, 0) is 61.9 Å². The lowest BCUT2D eigenvalue weighted by Gasteiger charge is -2.31. The van der Waals surface area contributed by atoms with E-state index in [-0.39, 0.29) is 12.4 Å². The Hall–Kier alpha value is -4.64. The first kappa shape index (κ1) is 26.0. The van der Waals surface area contributed by atoms with Crippen molar-refractivity contribution in [3.8, 4) is 11.5 Å². The van der Waals surface area contributed by atoms with E-state index in [4.69, 9.17) is 4.74 Å². The number of piperazine rings is 1. The Morgan fingerprint density at radius 2 is 1.77 bits per heavy atom. The Labute approximate surface area is 227 Å². The number of hydrogen-bond acceptors (Lipinski definition) is 11. The minimum Gasteiger partial charge on any atom is -0.466 e. The van der Waals surface area contributed by atoms with Crippen LogP contribution in [0, 0.1) is 6.92 Å². The summed E-state index contributed by atoms with van der Waals surface area (Å²) in [6, 6.07) is 15.2. The average molecular weight is 526 g/mol. The molecule has 1 fully saturated rings. The second kappa shape index (κ2) is 12.3. The average Bonchev–Trinajstić information content (AvgIpc) is 2.94. The van der Waals surface area contributed by atoms with Gasteiger partial charge in [0.05, 0.1) is 13.0 Å². The number of nitrogens with one attached hydrogen (secondary N) is 3. The number of anilines is 5. The molecule has 0 unspecified atom stereocenters. The van der Waals surface area contributed by atoms with E-state index in [1.165, 1.54) is 0 Å². The fourth-order valence-electron chi connectivity index (χ4n) is 4.35. The molecule has 1 aliphatic heterocycles. The highest BCUT2D eigenvalue weighted by Gasteiger charge is 2.17. The summed E-state index contributed by atoms with van der Waals surface area (Å²) >= 11 is 0. The summed E-state index contributed by atoms with van der Waals surface area (Å²) < 4.78 is 5.22. The van der Waals surface area contributed by atoms with E-state index < -0.39 is 0 Å². The van der Waals surface area contributed by atoms with Gasteiger partial charge in [0.1, 0.15) is 17.3 Å². The summed E-state index contributed by atoms with van der Waals surface area (Å²) in [6.45, 7) is 7.66. The standard InChI is InChI=1S/C28H31N9O2/c1-3-39-26(38)18-20-17-21(7-8-23(20)37-15-13-29-14-16-37)33-28-31-12-10-25(36-28)34-24-9-11-30-27(35-24)22-6-4-5-19(2)32-22/h4-12,17,29H,3,13-16,18H2,1-2H3,(H2,30,31,33,34,35,36). The first-order valence-electron chi connectivity index (χ1n) is 13.0. The number of esters is 1. The number of carbonyl (C=O) groups excluding carboxylic acids is 1. The molecule has 3 aromatic heterocycles. The number of carbonyl (C=O) groups is 1. The smallest absolute Gasteiger partial charge is 0.310 e. The van der Waals surface area contributed by atoms with E-state index in [1.54, 1.807) is 24.5 Å². The van der Waals surface area contributed by atoms with E-state index in [1.807, 2.05) is 50.2 Å². The third-order valence-corrected chi connectivity index (χ3v) is 6.12. The first-order chi connectivity index (χ1) is 19.1. The highest BCUT2D eigenvalue weighted by Crippen LogP contribution is 2.27. The number of aromatic nitrogens is 5. The fourth-order valence-corrected chi connectivity index (χ4v) is 4.35. The largest absolute Gasteiger partial charge is 0.466 e. The molecule has 0 bridgehead atoms. The van der Waals surface area contributed by atoms with Gasteiger partial charge in [-0.1, -0.05) is 6.07 Å². The molecule has 1 aromatic carbocycles. The third kappa shape index (κ3) is 6.82. The molecule has 11 heteroatoms. The number of nitrogens with zero attached hydrogens (tertiary/aromatic N) is 6. The maximum absolute atomic E-state index is 12.3. The minimum absolute atomic E-state index is 0.191. The zero-order chi connectivity index (χ0) is 27.0. The molecular formula is C28H31N9O2. The zero-order valence-electron chi connectivity index (χ0n) is 22.0. The lowest BCUT2D eigenvalue weighted by atomic mass is 10.1. The van der Waals surface area contributed by atoms with E-state index in [2.05, 4.69) is 45.8 Å². The van der Waals surface area contributed by atoms with Crippen molar-refractivity contribution in [3.63, 3.8) is 0 Å². The predicted octanol–water partition coefficient (Wildman–Crippen LogP) is 3.64. The molecule has 0 saturated carbocycles. The normalized spacial score (nSPS) is 13.1. The number of rotatable bonds is 9. The van der Waals surface area contributed by atoms with Gasteiger partial charge >= 0.3 is 5.97 Å². The van der Waals surface area contributed by atoms with Crippen molar-refractivity contribution in [2.24, 2.45) is 0 Å². The molecule has 0 amide bonds. The van der Waals surface area contributed by atoms with Gasteiger partial charge in [0.2, 0.25) is 5.95 Å². The quantitative estimate of drug-likeness (QED) is 0.277. The SMILES string of the molecule is CCOC(=O)Cc1cc(Nc2nccc(Nc3ccnc(-c4cccc(C)n4)n3)n2)ccc1N1CCNCC1. The van der Waals surface area contributed by atoms with Crippen molar-refractivity contribution in [1.82, 2.24) is 30.2 Å². The number of aryl methyl sites for hydroxylation is 1. The van der Waals surface area contributed by atoms with Crippen LogP contribution in [0.4, 0.5) is 29.0 Å². The number of hydrogen-bond donors (Lipinski definition) is 3. The Balaban J connectivity index is 1.34. The van der Waals surface area contributed by atoms with Gasteiger partial charge in [-0.3, -0.25) is 4.79 Å². The molecule has 11 nitrogen and oxygen atoms in total. The van der Waals surface area contributed by atoms with Gasteiger partial charge in [0.15, 0.2) is 5.82 Å². The van der Waals surface area contributed by atoms with E-state index >= 15 is 0 Å². The van der Waals surface area contributed by atoms with Crippen LogP contribution >= 0.6 is 0 Å². The molecule has 39 heavy (non-hydrogen) atoms. The van der Waals surface area contributed by atoms with E-state index in [0.717, 1.165) is 48.8 Å². The van der Waals surface area contributed by atoms with Crippen LogP contribution in [0.3, 0.4) is 0 Å². The van der Waals surface area contributed by atoms with Crippen LogP contribution in [0.2, 0.25) is 0 Å². The van der Waals surface area contributed by atoms with Gasteiger partial charge in [-0.15, -0.1) is 0 Å². The van der Waals surface area contributed by atoms with Crippen LogP contribution < -0.4 is 20.9 Å². The minimum atomic E-state index is -0.251. The summed E-state index contributed by atoms with van der Waals surface area (Å²) in [5.74, 6) is 1.84. The van der Waals surface area contributed by atoms with Gasteiger partial charge in [-0.25, -0.2) is 19.9 Å². The third-order valence-electron chi connectivity index (χ3n) is 6.12. The van der Waals surface area contributed by atoms with Crippen molar-refractivity contribution in [2.45, 2.75) is 20.3 Å². The highest BCUT2D eigenvalue weighted by molar-refractivity contribution is 5.77. The molecule has 5 rings (SSSR count). The van der Waals surface area contributed by atoms with Crippen LogP contribution in [0.1, 0.15) is 18.2 Å². The molecule has 1 saturated heterocycles. The van der Waals surface area contributed by atoms with Gasteiger partial charge in [-0.2, -0.15) is 4.98 Å². The summed E-state index contributed by atoms with van der Waals surface area (Å²) in [5, 5.41) is 9.84. The molecule has 4 aromatic rings. The molecule has 0 aliphatic carbocycles. The van der Waals surface area contributed by atoms with Crippen LogP contribution in [-0.2, 0) is 16.0 Å². The molecular weight excluding hydrogens is 494 g/mol. The molecule has 0 atom stereocenters. The Morgan fingerprint density at radius 3 is 2.56 bits per heavy atom. The summed E-state index contributed by atoms with van der Waals surface area (Å²) in [5.41, 5.74) is 4.31. The second-order valence-corrected chi connectivity index (χ2v) is 9.01. The topological polar surface area (TPSA) is 130 Å². The van der Waals surface area contributed by atoms with Crippen LogP contribution in [0.5, 0.6) is 0 Å². The first-order valence-corrected chi connectivity index (χ1v) is 13.0. The number of pyridine rings is 1. The Bertz CT molecular complexity index is 1440. The lowest BCUT2D eigenvalue weighted by molar-refractivity contribution is -0.142. The number of benzene rings is 1. The maximum atomic E-state index is 12.3. The second-order valence-electron chi connectivity index (χ2n) is 9.01. The van der Waals surface area contributed by atoms with Gasteiger partial charge in [0, 0.05) is 55.6 Å². The van der Waals surface area contributed by atoms with Crippen LogP contribution in [-0.4, -0.2) is 63.7 Å².